The van der Waals surface area contributed by atoms with Crippen molar-refractivity contribution in [3.8, 4) is 11.5 Å². The van der Waals surface area contributed by atoms with Gasteiger partial charge in [-0.25, -0.2) is 0 Å². The van der Waals surface area contributed by atoms with Gasteiger partial charge in [0.25, 0.3) is 0 Å². The lowest BCUT2D eigenvalue weighted by Crippen LogP contribution is -1.97. The first-order chi connectivity index (χ1) is 9.56. The standard InChI is InChI=1S/C16H11ClO3/c1-9-13(18)6-5-12-15(19)14(20-16(9)12)8-10-3-2-4-11(17)7-10/h2-8,18H,1H3/b14-8-. The molecule has 1 N–H and O–H groups in total. The Morgan fingerprint density at radius 3 is 2.80 bits per heavy atom. The molecular weight excluding hydrogens is 276 g/mol. The summed E-state index contributed by atoms with van der Waals surface area (Å²) in [5.41, 5.74) is 1.81. The minimum Gasteiger partial charge on any atom is -0.508 e. The van der Waals surface area contributed by atoms with Crippen molar-refractivity contribution in [1.29, 1.82) is 0 Å². The van der Waals surface area contributed by atoms with E-state index >= 15 is 0 Å². The number of benzene rings is 2. The van der Waals surface area contributed by atoms with Crippen LogP contribution in [0.4, 0.5) is 0 Å². The van der Waals surface area contributed by atoms with Gasteiger partial charge in [-0.3, -0.25) is 4.79 Å². The molecule has 0 radical (unpaired) electrons. The monoisotopic (exact) mass is 286 g/mol. The highest BCUT2D eigenvalue weighted by atomic mass is 35.5. The van der Waals surface area contributed by atoms with Crippen molar-refractivity contribution < 1.29 is 14.6 Å². The number of phenolic OH excluding ortho intramolecular Hbond substituents is 1. The van der Waals surface area contributed by atoms with E-state index in [0.717, 1.165) is 5.56 Å². The summed E-state index contributed by atoms with van der Waals surface area (Å²) >= 11 is 5.91. The lowest BCUT2D eigenvalue weighted by Gasteiger charge is -2.04. The van der Waals surface area contributed by atoms with Crippen LogP contribution in [-0.2, 0) is 0 Å². The lowest BCUT2D eigenvalue weighted by molar-refractivity contribution is 0.101. The topological polar surface area (TPSA) is 46.5 Å². The predicted octanol–water partition coefficient (Wildman–Crippen LogP) is 3.97. The van der Waals surface area contributed by atoms with Crippen LogP contribution in [0.3, 0.4) is 0 Å². The highest BCUT2D eigenvalue weighted by Crippen LogP contribution is 2.38. The third-order valence-electron chi connectivity index (χ3n) is 3.20. The van der Waals surface area contributed by atoms with Gasteiger partial charge < -0.3 is 9.84 Å². The maximum Gasteiger partial charge on any atom is 0.231 e. The number of fused-ring (bicyclic) bond motifs is 1. The van der Waals surface area contributed by atoms with E-state index in [4.69, 9.17) is 16.3 Å². The summed E-state index contributed by atoms with van der Waals surface area (Å²) in [7, 11) is 0. The number of Topliss-reactive ketones (excluding diaryl/α,β-unsaturated/α-hetero) is 1. The van der Waals surface area contributed by atoms with E-state index in [1.54, 1.807) is 37.3 Å². The molecular formula is C16H11ClO3. The van der Waals surface area contributed by atoms with Gasteiger partial charge in [0, 0.05) is 10.6 Å². The average Bonchev–Trinajstić information content (AvgIpc) is 2.72. The summed E-state index contributed by atoms with van der Waals surface area (Å²) in [6.45, 7) is 1.71. The zero-order valence-electron chi connectivity index (χ0n) is 10.7. The summed E-state index contributed by atoms with van der Waals surface area (Å²) in [6.07, 6.45) is 1.64. The number of phenols is 1. The summed E-state index contributed by atoms with van der Waals surface area (Å²) < 4.78 is 5.58. The van der Waals surface area contributed by atoms with Gasteiger partial charge in [0.1, 0.15) is 11.5 Å². The number of hydrogen-bond donors (Lipinski definition) is 1. The second-order valence-corrected chi connectivity index (χ2v) is 5.02. The second-order valence-electron chi connectivity index (χ2n) is 4.58. The Hall–Kier alpha value is -2.26. The van der Waals surface area contributed by atoms with Crippen molar-refractivity contribution in [1.82, 2.24) is 0 Å². The van der Waals surface area contributed by atoms with E-state index in [-0.39, 0.29) is 17.3 Å². The largest absolute Gasteiger partial charge is 0.508 e. The van der Waals surface area contributed by atoms with Gasteiger partial charge in [-0.05, 0) is 42.8 Å². The van der Waals surface area contributed by atoms with Crippen LogP contribution in [0.2, 0.25) is 5.02 Å². The number of ketones is 1. The Balaban J connectivity index is 2.04. The first-order valence-electron chi connectivity index (χ1n) is 6.08. The first kappa shape index (κ1) is 12.8. The van der Waals surface area contributed by atoms with Crippen molar-refractivity contribution in [3.05, 3.63) is 63.9 Å². The van der Waals surface area contributed by atoms with Gasteiger partial charge >= 0.3 is 0 Å². The van der Waals surface area contributed by atoms with Crippen LogP contribution < -0.4 is 4.74 Å². The Kier molecular flexibility index (Phi) is 2.99. The SMILES string of the molecule is Cc1c(O)ccc2c1O/C(=C\c1cccc(Cl)c1)C2=O. The zero-order chi connectivity index (χ0) is 14.3. The van der Waals surface area contributed by atoms with Gasteiger partial charge in [-0.2, -0.15) is 0 Å². The minimum atomic E-state index is -0.192. The molecule has 0 atom stereocenters. The molecule has 3 nitrogen and oxygen atoms in total. The number of hydrogen-bond acceptors (Lipinski definition) is 3. The molecule has 2 aromatic carbocycles. The molecule has 0 spiro atoms. The molecule has 0 aromatic heterocycles. The van der Waals surface area contributed by atoms with Crippen LogP contribution in [-0.4, -0.2) is 10.9 Å². The molecule has 0 fully saturated rings. The van der Waals surface area contributed by atoms with Gasteiger partial charge in [-0.15, -0.1) is 0 Å². The molecule has 100 valence electrons. The van der Waals surface area contributed by atoms with E-state index in [0.29, 0.717) is 21.9 Å². The fraction of sp³-hybridized carbons (Fsp3) is 0.0625. The molecule has 0 amide bonds. The van der Waals surface area contributed by atoms with Crippen molar-refractivity contribution in [2.75, 3.05) is 0 Å². The third kappa shape index (κ3) is 2.06. The predicted molar refractivity (Wildman–Crippen MR) is 77.2 cm³/mol. The van der Waals surface area contributed by atoms with Gasteiger partial charge in [0.15, 0.2) is 5.76 Å². The highest BCUT2D eigenvalue weighted by Gasteiger charge is 2.29. The van der Waals surface area contributed by atoms with Crippen molar-refractivity contribution >= 4 is 23.5 Å². The number of allylic oxidation sites excluding steroid dienone is 1. The Bertz CT molecular complexity index is 747. The molecule has 4 heteroatoms. The molecule has 0 saturated heterocycles. The van der Waals surface area contributed by atoms with Crippen LogP contribution in [0.25, 0.3) is 6.08 Å². The van der Waals surface area contributed by atoms with E-state index in [2.05, 4.69) is 0 Å². The molecule has 1 aliphatic heterocycles. The summed E-state index contributed by atoms with van der Waals surface area (Å²) in [4.78, 5) is 12.2. The summed E-state index contributed by atoms with van der Waals surface area (Å²) in [5, 5.41) is 10.2. The fourth-order valence-electron chi connectivity index (χ4n) is 2.12. The molecule has 0 bridgehead atoms. The Morgan fingerprint density at radius 1 is 1.25 bits per heavy atom. The lowest BCUT2D eigenvalue weighted by atomic mass is 10.1. The molecule has 1 heterocycles. The molecule has 2 aromatic rings. The van der Waals surface area contributed by atoms with E-state index in [1.807, 2.05) is 6.07 Å². The Labute approximate surface area is 121 Å². The Morgan fingerprint density at radius 2 is 2.05 bits per heavy atom. The normalized spacial score (nSPS) is 15.3. The van der Waals surface area contributed by atoms with Crippen molar-refractivity contribution in [3.63, 3.8) is 0 Å². The van der Waals surface area contributed by atoms with Crippen molar-refractivity contribution in [2.45, 2.75) is 6.92 Å². The number of rotatable bonds is 1. The number of carbonyl (C=O) groups is 1. The molecule has 3 rings (SSSR count). The van der Waals surface area contributed by atoms with Crippen LogP contribution in [0.15, 0.2) is 42.2 Å². The van der Waals surface area contributed by atoms with Crippen molar-refractivity contribution in [2.24, 2.45) is 0 Å². The maximum absolute atomic E-state index is 12.2. The van der Waals surface area contributed by atoms with E-state index < -0.39 is 0 Å². The van der Waals surface area contributed by atoms with Crippen LogP contribution in [0, 0.1) is 6.92 Å². The summed E-state index contributed by atoms with van der Waals surface area (Å²) in [6, 6.07) is 10.2. The number of aromatic hydroxyl groups is 1. The van der Waals surface area contributed by atoms with Gasteiger partial charge in [-0.1, -0.05) is 23.7 Å². The zero-order valence-corrected chi connectivity index (χ0v) is 11.4. The van der Waals surface area contributed by atoms with Crippen LogP contribution in [0.1, 0.15) is 21.5 Å². The van der Waals surface area contributed by atoms with Crippen LogP contribution >= 0.6 is 11.6 Å². The van der Waals surface area contributed by atoms with E-state index in [1.165, 1.54) is 6.07 Å². The van der Waals surface area contributed by atoms with Crippen LogP contribution in [0.5, 0.6) is 11.5 Å². The summed E-state index contributed by atoms with van der Waals surface area (Å²) in [5.74, 6) is 0.572. The molecule has 0 aliphatic carbocycles. The maximum atomic E-state index is 12.2. The fourth-order valence-corrected chi connectivity index (χ4v) is 2.32. The second kappa shape index (κ2) is 4.69. The van der Waals surface area contributed by atoms with Gasteiger partial charge in [0.05, 0.1) is 5.56 Å². The molecule has 0 unspecified atom stereocenters. The number of halogens is 1. The number of ether oxygens (including phenoxy) is 1. The molecule has 1 aliphatic rings. The quantitative estimate of drug-likeness (QED) is 0.807. The first-order valence-corrected chi connectivity index (χ1v) is 6.46. The number of carbonyl (C=O) groups excluding carboxylic acids is 1. The molecule has 0 saturated carbocycles. The third-order valence-corrected chi connectivity index (χ3v) is 3.44. The highest BCUT2D eigenvalue weighted by molar-refractivity contribution is 6.30. The smallest absolute Gasteiger partial charge is 0.231 e. The minimum absolute atomic E-state index is 0.112. The molecule has 20 heavy (non-hydrogen) atoms. The average molecular weight is 287 g/mol. The van der Waals surface area contributed by atoms with E-state index in [9.17, 15) is 9.90 Å². The van der Waals surface area contributed by atoms with Gasteiger partial charge in [0.2, 0.25) is 5.78 Å².